The lowest BCUT2D eigenvalue weighted by atomic mass is 10.1. The smallest absolute Gasteiger partial charge is 0.122 e. The molecule has 0 saturated carbocycles. The largest absolute Gasteiger partial charge is 0.496 e. The van der Waals surface area contributed by atoms with E-state index in [1.54, 1.807) is 18.4 Å². The van der Waals surface area contributed by atoms with Crippen molar-refractivity contribution in [1.29, 1.82) is 0 Å². The fraction of sp³-hybridized carbons (Fsp3) is 0.357. The Balaban J connectivity index is 2.06. The van der Waals surface area contributed by atoms with Crippen LogP contribution in [0.1, 0.15) is 23.2 Å². The quantitative estimate of drug-likeness (QED) is 0.869. The zero-order valence-electron chi connectivity index (χ0n) is 10.8. The summed E-state index contributed by atoms with van der Waals surface area (Å²) in [6, 6.07) is 8.10. The predicted octanol–water partition coefficient (Wildman–Crippen LogP) is 2.85. The molecule has 0 unspecified atom stereocenters. The van der Waals surface area contributed by atoms with Gasteiger partial charge in [-0.15, -0.1) is 11.3 Å². The number of nitrogens with one attached hydrogen (secondary N) is 1. The molecule has 0 aliphatic carbocycles. The average Bonchev–Trinajstić information content (AvgIpc) is 2.84. The van der Waals surface area contributed by atoms with Crippen LogP contribution in [0.15, 0.2) is 29.6 Å². The van der Waals surface area contributed by atoms with E-state index in [-0.39, 0.29) is 0 Å². The summed E-state index contributed by atoms with van der Waals surface area (Å²) in [6.45, 7) is 3.92. The summed E-state index contributed by atoms with van der Waals surface area (Å²) in [4.78, 5) is 4.62. The first-order valence-electron chi connectivity index (χ1n) is 6.09. The van der Waals surface area contributed by atoms with Crippen LogP contribution in [-0.2, 0) is 13.0 Å². The van der Waals surface area contributed by atoms with Crippen molar-refractivity contribution in [3.63, 3.8) is 0 Å². The van der Waals surface area contributed by atoms with Crippen LogP contribution in [0, 0.1) is 0 Å². The lowest BCUT2D eigenvalue weighted by Gasteiger charge is -2.05. The topological polar surface area (TPSA) is 34.1 Å². The number of methoxy groups -OCH3 is 1. The SMILES string of the molecule is CCNCc1csc(Cc2ccccc2OC)n1. The average molecular weight is 262 g/mol. The van der Waals surface area contributed by atoms with E-state index < -0.39 is 0 Å². The molecule has 2 aromatic rings. The normalized spacial score (nSPS) is 10.6. The van der Waals surface area contributed by atoms with Crippen LogP contribution in [-0.4, -0.2) is 18.6 Å². The van der Waals surface area contributed by atoms with Gasteiger partial charge in [0.05, 0.1) is 17.8 Å². The number of benzene rings is 1. The standard InChI is InChI=1S/C14H18N2OS/c1-3-15-9-12-10-18-14(16-12)8-11-6-4-5-7-13(11)17-2/h4-7,10,15H,3,8-9H2,1-2H3. The van der Waals surface area contributed by atoms with E-state index in [1.165, 1.54) is 5.56 Å². The van der Waals surface area contributed by atoms with Crippen LogP contribution < -0.4 is 10.1 Å². The molecule has 4 heteroatoms. The van der Waals surface area contributed by atoms with Crippen LogP contribution in [0.25, 0.3) is 0 Å². The fourth-order valence-corrected chi connectivity index (χ4v) is 2.59. The van der Waals surface area contributed by atoms with E-state index in [0.717, 1.165) is 36.0 Å². The lowest BCUT2D eigenvalue weighted by molar-refractivity contribution is 0.410. The summed E-state index contributed by atoms with van der Waals surface area (Å²) in [5.74, 6) is 0.931. The molecule has 0 fully saturated rings. The van der Waals surface area contributed by atoms with Gasteiger partial charge in [0.25, 0.3) is 0 Å². The number of nitrogens with zero attached hydrogens (tertiary/aromatic N) is 1. The van der Waals surface area contributed by atoms with E-state index in [9.17, 15) is 0 Å². The van der Waals surface area contributed by atoms with Gasteiger partial charge in [-0.25, -0.2) is 4.98 Å². The first kappa shape index (κ1) is 13.1. The monoisotopic (exact) mass is 262 g/mol. The molecule has 2 rings (SSSR count). The molecule has 0 radical (unpaired) electrons. The predicted molar refractivity (Wildman–Crippen MR) is 75.3 cm³/mol. The van der Waals surface area contributed by atoms with Crippen molar-refractivity contribution in [2.45, 2.75) is 19.9 Å². The molecular weight excluding hydrogens is 244 g/mol. The van der Waals surface area contributed by atoms with Gasteiger partial charge in [-0.3, -0.25) is 0 Å². The minimum absolute atomic E-state index is 0.834. The molecule has 3 nitrogen and oxygen atoms in total. The number of thiazole rings is 1. The molecule has 1 aromatic heterocycles. The van der Waals surface area contributed by atoms with Crippen molar-refractivity contribution < 1.29 is 4.74 Å². The number of hydrogen-bond acceptors (Lipinski definition) is 4. The highest BCUT2D eigenvalue weighted by Crippen LogP contribution is 2.22. The van der Waals surface area contributed by atoms with Crippen molar-refractivity contribution in [2.24, 2.45) is 0 Å². The van der Waals surface area contributed by atoms with Crippen molar-refractivity contribution in [2.75, 3.05) is 13.7 Å². The molecule has 0 atom stereocenters. The number of ether oxygens (including phenoxy) is 1. The molecule has 18 heavy (non-hydrogen) atoms. The number of hydrogen-bond donors (Lipinski definition) is 1. The number of para-hydroxylation sites is 1. The Morgan fingerprint density at radius 1 is 1.33 bits per heavy atom. The van der Waals surface area contributed by atoms with Crippen molar-refractivity contribution >= 4 is 11.3 Å². The molecule has 1 N–H and O–H groups in total. The molecule has 0 spiro atoms. The highest BCUT2D eigenvalue weighted by atomic mass is 32.1. The molecule has 0 aliphatic heterocycles. The zero-order valence-corrected chi connectivity index (χ0v) is 11.6. The zero-order chi connectivity index (χ0) is 12.8. The minimum atomic E-state index is 0.834. The van der Waals surface area contributed by atoms with E-state index in [2.05, 4.69) is 28.7 Å². The van der Waals surface area contributed by atoms with Crippen LogP contribution in [0.2, 0.25) is 0 Å². The molecule has 0 aliphatic rings. The summed E-state index contributed by atoms with van der Waals surface area (Å²) < 4.78 is 5.35. The molecule has 1 heterocycles. The summed E-state index contributed by atoms with van der Waals surface area (Å²) in [5, 5.41) is 6.53. The van der Waals surface area contributed by atoms with E-state index in [1.807, 2.05) is 18.2 Å². The van der Waals surface area contributed by atoms with Crippen LogP contribution in [0.4, 0.5) is 0 Å². The van der Waals surface area contributed by atoms with Gasteiger partial charge in [0.15, 0.2) is 0 Å². The van der Waals surface area contributed by atoms with E-state index in [0.29, 0.717) is 0 Å². The van der Waals surface area contributed by atoms with Crippen LogP contribution in [0.5, 0.6) is 5.75 Å². The van der Waals surface area contributed by atoms with Crippen molar-refractivity contribution in [3.8, 4) is 5.75 Å². The number of aromatic nitrogens is 1. The second kappa shape index (κ2) is 6.52. The van der Waals surface area contributed by atoms with Crippen molar-refractivity contribution in [3.05, 3.63) is 45.9 Å². The van der Waals surface area contributed by atoms with Gasteiger partial charge in [-0.2, -0.15) is 0 Å². The molecule has 0 saturated heterocycles. The van der Waals surface area contributed by atoms with Gasteiger partial charge in [0, 0.05) is 23.9 Å². The first-order valence-corrected chi connectivity index (χ1v) is 6.97. The molecule has 0 amide bonds. The maximum Gasteiger partial charge on any atom is 0.122 e. The first-order chi connectivity index (χ1) is 8.83. The lowest BCUT2D eigenvalue weighted by Crippen LogP contribution is -2.11. The van der Waals surface area contributed by atoms with Gasteiger partial charge in [-0.05, 0) is 12.6 Å². The van der Waals surface area contributed by atoms with Gasteiger partial charge in [0.1, 0.15) is 5.75 Å². The Morgan fingerprint density at radius 2 is 2.17 bits per heavy atom. The van der Waals surface area contributed by atoms with Gasteiger partial charge in [0.2, 0.25) is 0 Å². The highest BCUT2D eigenvalue weighted by molar-refractivity contribution is 7.09. The van der Waals surface area contributed by atoms with E-state index >= 15 is 0 Å². The van der Waals surface area contributed by atoms with Gasteiger partial charge < -0.3 is 10.1 Å². The molecular formula is C14H18N2OS. The minimum Gasteiger partial charge on any atom is -0.496 e. The fourth-order valence-electron chi connectivity index (χ4n) is 1.78. The van der Waals surface area contributed by atoms with E-state index in [4.69, 9.17) is 4.74 Å². The third-order valence-electron chi connectivity index (χ3n) is 2.69. The maximum absolute atomic E-state index is 5.35. The Bertz CT molecular complexity index is 496. The summed E-state index contributed by atoms with van der Waals surface area (Å²) in [5.41, 5.74) is 2.30. The summed E-state index contributed by atoms with van der Waals surface area (Å²) in [7, 11) is 1.71. The molecule has 1 aromatic carbocycles. The Labute approximate surface area is 112 Å². The third-order valence-corrected chi connectivity index (χ3v) is 3.59. The molecule has 96 valence electrons. The Morgan fingerprint density at radius 3 is 2.94 bits per heavy atom. The Kier molecular flexibility index (Phi) is 4.73. The summed E-state index contributed by atoms with van der Waals surface area (Å²) in [6.07, 6.45) is 0.834. The Hall–Kier alpha value is -1.39. The maximum atomic E-state index is 5.35. The summed E-state index contributed by atoms with van der Waals surface area (Å²) >= 11 is 1.71. The number of rotatable bonds is 6. The molecule has 0 bridgehead atoms. The van der Waals surface area contributed by atoms with Gasteiger partial charge >= 0.3 is 0 Å². The highest BCUT2D eigenvalue weighted by Gasteiger charge is 2.06. The van der Waals surface area contributed by atoms with Gasteiger partial charge in [-0.1, -0.05) is 25.1 Å². The second-order valence-electron chi connectivity index (χ2n) is 4.00. The van der Waals surface area contributed by atoms with Crippen LogP contribution in [0.3, 0.4) is 0 Å². The van der Waals surface area contributed by atoms with Crippen molar-refractivity contribution in [1.82, 2.24) is 10.3 Å². The van der Waals surface area contributed by atoms with Crippen LogP contribution >= 0.6 is 11.3 Å². The second-order valence-corrected chi connectivity index (χ2v) is 4.94. The third kappa shape index (κ3) is 3.31.